The highest BCUT2D eigenvalue weighted by Gasteiger charge is 2.23. The lowest BCUT2D eigenvalue weighted by atomic mass is 10.1. The molecule has 0 spiro atoms. The first-order valence-corrected chi connectivity index (χ1v) is 8.84. The number of fused-ring (bicyclic) bond motifs is 1. The first-order chi connectivity index (χ1) is 11.5. The van der Waals surface area contributed by atoms with Crippen LogP contribution >= 0.6 is 0 Å². The van der Waals surface area contributed by atoms with Crippen LogP contribution in [0.1, 0.15) is 29.8 Å². The molecule has 134 valence electrons. The van der Waals surface area contributed by atoms with Crippen molar-refractivity contribution >= 4 is 21.7 Å². The summed E-state index contributed by atoms with van der Waals surface area (Å²) in [6.07, 6.45) is 2.29. The second-order valence-electron chi connectivity index (χ2n) is 5.55. The second-order valence-corrected chi connectivity index (χ2v) is 7.01. The Morgan fingerprint density at radius 2 is 1.96 bits per heavy atom. The minimum atomic E-state index is -1.26. The first-order valence-electron chi connectivity index (χ1n) is 7.52. The normalized spacial score (nSPS) is 13.5. The summed E-state index contributed by atoms with van der Waals surface area (Å²) >= 11 is 0. The van der Waals surface area contributed by atoms with E-state index in [-0.39, 0.29) is 7.43 Å². The molecule has 1 atom stereocenters. The fraction of sp³-hybridized carbons (Fsp3) is 0.389. The summed E-state index contributed by atoms with van der Waals surface area (Å²) in [6.45, 7) is 3.87. The van der Waals surface area contributed by atoms with Gasteiger partial charge < -0.3 is 9.47 Å². The van der Waals surface area contributed by atoms with Gasteiger partial charge in [-0.3, -0.25) is 9.19 Å². The summed E-state index contributed by atoms with van der Waals surface area (Å²) in [4.78, 5) is 13.1. The molecule has 3 heterocycles. The van der Waals surface area contributed by atoms with Gasteiger partial charge in [0.15, 0.2) is 5.82 Å². The van der Waals surface area contributed by atoms with Crippen LogP contribution in [0.5, 0.6) is 11.6 Å². The van der Waals surface area contributed by atoms with Crippen molar-refractivity contribution in [3.63, 3.8) is 0 Å². The molecule has 0 N–H and O–H groups in total. The van der Waals surface area contributed by atoms with E-state index in [0.29, 0.717) is 28.9 Å². The zero-order chi connectivity index (χ0) is 17.3. The van der Waals surface area contributed by atoms with Gasteiger partial charge in [0.2, 0.25) is 5.88 Å². The minimum Gasteiger partial charge on any atom is -0.496 e. The van der Waals surface area contributed by atoms with Crippen LogP contribution in [0.4, 0.5) is 5.82 Å². The molecular formula is C18H23N3O3S. The van der Waals surface area contributed by atoms with Gasteiger partial charge in [0.1, 0.15) is 10.8 Å². The molecule has 7 heteroatoms. The standard InChI is InChI=1S/C17H19N3O3S.CH4/c1-10-8-18-13(11(2)16(10)23-4)9-24(21)15-7-12-5-6-14(22-3)19-17(12)20-15;/h5-6,8H,7,9H2,1-4H3;1H4. The van der Waals surface area contributed by atoms with Crippen molar-refractivity contribution in [2.24, 2.45) is 4.99 Å². The van der Waals surface area contributed by atoms with E-state index in [1.807, 2.05) is 19.9 Å². The van der Waals surface area contributed by atoms with E-state index in [4.69, 9.17) is 9.47 Å². The van der Waals surface area contributed by atoms with Gasteiger partial charge in [0.05, 0.1) is 36.5 Å². The van der Waals surface area contributed by atoms with E-state index >= 15 is 0 Å². The third-order valence-corrected chi connectivity index (χ3v) is 5.29. The van der Waals surface area contributed by atoms with Crippen molar-refractivity contribution in [3.8, 4) is 11.6 Å². The van der Waals surface area contributed by atoms with Crippen LogP contribution in [0.25, 0.3) is 0 Å². The van der Waals surface area contributed by atoms with E-state index in [1.165, 1.54) is 0 Å². The molecule has 0 aliphatic carbocycles. The predicted octanol–water partition coefficient (Wildman–Crippen LogP) is 3.28. The van der Waals surface area contributed by atoms with Crippen LogP contribution in [-0.2, 0) is 23.0 Å². The molecule has 0 fully saturated rings. The van der Waals surface area contributed by atoms with Gasteiger partial charge in [0.25, 0.3) is 0 Å². The number of methoxy groups -OCH3 is 2. The summed E-state index contributed by atoms with van der Waals surface area (Å²) in [5.74, 6) is 2.20. The molecular weight excluding hydrogens is 338 g/mol. The van der Waals surface area contributed by atoms with Gasteiger partial charge in [-0.2, -0.15) is 4.98 Å². The van der Waals surface area contributed by atoms with Crippen LogP contribution in [-0.4, -0.2) is 33.4 Å². The average molecular weight is 361 g/mol. The van der Waals surface area contributed by atoms with Crippen molar-refractivity contribution in [1.29, 1.82) is 0 Å². The van der Waals surface area contributed by atoms with E-state index < -0.39 is 10.8 Å². The maximum Gasteiger partial charge on any atom is 0.214 e. The third kappa shape index (κ3) is 3.71. The molecule has 1 unspecified atom stereocenters. The van der Waals surface area contributed by atoms with E-state index in [2.05, 4.69) is 15.0 Å². The van der Waals surface area contributed by atoms with Gasteiger partial charge in [0, 0.05) is 35.4 Å². The van der Waals surface area contributed by atoms with Crippen LogP contribution in [0.15, 0.2) is 23.3 Å². The maximum atomic E-state index is 12.7. The smallest absolute Gasteiger partial charge is 0.214 e. The maximum absolute atomic E-state index is 12.7. The molecule has 3 rings (SSSR count). The zero-order valence-corrected chi connectivity index (χ0v) is 14.9. The van der Waals surface area contributed by atoms with Gasteiger partial charge in [-0.1, -0.05) is 7.43 Å². The largest absolute Gasteiger partial charge is 0.496 e. The summed E-state index contributed by atoms with van der Waals surface area (Å²) in [6, 6.07) is 3.70. The summed E-state index contributed by atoms with van der Waals surface area (Å²) in [5.41, 5.74) is 3.61. The molecule has 2 aromatic heterocycles. The van der Waals surface area contributed by atoms with E-state index in [1.54, 1.807) is 26.5 Å². The molecule has 1 aliphatic heterocycles. The lowest BCUT2D eigenvalue weighted by molar-refractivity contribution is 0.398. The monoisotopic (exact) mass is 361 g/mol. The second kappa shape index (κ2) is 7.74. The van der Waals surface area contributed by atoms with Crippen molar-refractivity contribution in [2.75, 3.05) is 14.2 Å². The number of hydrogen-bond donors (Lipinski definition) is 0. The molecule has 0 bridgehead atoms. The van der Waals surface area contributed by atoms with Crippen molar-refractivity contribution < 1.29 is 13.7 Å². The van der Waals surface area contributed by atoms with Crippen molar-refractivity contribution in [1.82, 2.24) is 9.97 Å². The zero-order valence-electron chi connectivity index (χ0n) is 14.1. The Morgan fingerprint density at radius 3 is 2.64 bits per heavy atom. The van der Waals surface area contributed by atoms with Crippen LogP contribution in [0.2, 0.25) is 0 Å². The molecule has 2 aromatic rings. The Labute approximate surface area is 150 Å². The van der Waals surface area contributed by atoms with Gasteiger partial charge in [-0.15, -0.1) is 0 Å². The molecule has 0 radical (unpaired) electrons. The topological polar surface area (TPSA) is 73.7 Å². The van der Waals surface area contributed by atoms with Crippen LogP contribution in [0, 0.1) is 13.8 Å². The van der Waals surface area contributed by atoms with E-state index in [9.17, 15) is 4.21 Å². The van der Waals surface area contributed by atoms with Crippen molar-refractivity contribution in [2.45, 2.75) is 33.4 Å². The van der Waals surface area contributed by atoms with Gasteiger partial charge in [-0.05, 0) is 19.9 Å². The minimum absolute atomic E-state index is 0. The van der Waals surface area contributed by atoms with Crippen molar-refractivity contribution in [3.05, 3.63) is 40.7 Å². The summed E-state index contributed by atoms with van der Waals surface area (Å²) in [5, 5.41) is 0.617. The number of aliphatic imine (C=N–C) groups is 1. The number of pyridine rings is 2. The number of aromatic nitrogens is 2. The molecule has 1 aliphatic rings. The third-order valence-electron chi connectivity index (χ3n) is 3.99. The van der Waals surface area contributed by atoms with Crippen LogP contribution in [0.3, 0.4) is 0 Å². The fourth-order valence-electron chi connectivity index (χ4n) is 2.68. The summed E-state index contributed by atoms with van der Waals surface area (Å²) < 4.78 is 23.2. The van der Waals surface area contributed by atoms with Crippen LogP contribution < -0.4 is 9.47 Å². The number of nitrogens with zero attached hydrogens (tertiary/aromatic N) is 3. The highest BCUT2D eigenvalue weighted by atomic mass is 32.2. The lowest BCUT2D eigenvalue weighted by Crippen LogP contribution is -2.12. The number of rotatable bonds is 4. The number of hydrogen-bond acceptors (Lipinski definition) is 6. The lowest BCUT2D eigenvalue weighted by Gasteiger charge is -2.11. The van der Waals surface area contributed by atoms with Gasteiger partial charge >= 0.3 is 0 Å². The fourth-order valence-corrected chi connectivity index (χ4v) is 3.90. The molecule has 0 saturated heterocycles. The molecule has 0 amide bonds. The Hall–Kier alpha value is -2.28. The average Bonchev–Trinajstić information content (AvgIpc) is 3.01. The van der Waals surface area contributed by atoms with E-state index in [0.717, 1.165) is 28.1 Å². The molecule has 6 nitrogen and oxygen atoms in total. The highest BCUT2D eigenvalue weighted by molar-refractivity contribution is 8.00. The SMILES string of the molecule is C.COc1ccc2c(n1)N=C(S(=O)Cc1ncc(C)c(OC)c1C)C2. The quantitative estimate of drug-likeness (QED) is 0.835. The Balaban J connectivity index is 0.00000225. The number of aryl methyl sites for hydroxylation is 1. The molecule has 0 aromatic carbocycles. The predicted molar refractivity (Wildman–Crippen MR) is 100 cm³/mol. The highest BCUT2D eigenvalue weighted by Crippen LogP contribution is 2.29. The Kier molecular flexibility index (Phi) is 5.89. The summed E-state index contributed by atoms with van der Waals surface area (Å²) in [7, 11) is 1.94. The molecule has 0 saturated carbocycles. The Morgan fingerprint density at radius 1 is 1.20 bits per heavy atom. The number of ether oxygens (including phenoxy) is 2. The van der Waals surface area contributed by atoms with Gasteiger partial charge in [-0.25, -0.2) is 4.99 Å². The first kappa shape index (κ1) is 19.1. The Bertz CT molecular complexity index is 850. The molecule has 25 heavy (non-hydrogen) atoms.